The smallest absolute Gasteiger partial charge is 0.362 e. The number of ether oxygens (including phenoxy) is 2. The Bertz CT molecular complexity index is 606. The highest BCUT2D eigenvalue weighted by molar-refractivity contribution is 5.88. The minimum atomic E-state index is -1.85. The van der Waals surface area contributed by atoms with Crippen LogP contribution in [0, 0.1) is 0 Å². The van der Waals surface area contributed by atoms with Crippen LogP contribution in [0.25, 0.3) is 10.9 Å². The van der Waals surface area contributed by atoms with E-state index in [0.29, 0.717) is 11.3 Å². The fraction of sp³-hybridized carbons (Fsp3) is 0.400. The van der Waals surface area contributed by atoms with Crippen molar-refractivity contribution in [3.05, 3.63) is 30.5 Å². The van der Waals surface area contributed by atoms with Crippen LogP contribution in [0.3, 0.4) is 0 Å². The summed E-state index contributed by atoms with van der Waals surface area (Å²) in [7, 11) is 0. The lowest BCUT2D eigenvalue weighted by molar-refractivity contribution is -0.152. The van der Waals surface area contributed by atoms with Crippen LogP contribution >= 0.6 is 0 Å². The molecule has 5 heteroatoms. The lowest BCUT2D eigenvalue weighted by atomic mass is 10.2. The number of nitrogens with zero attached hydrogens (tertiary/aromatic N) is 1. The average molecular weight is 279 g/mol. The Morgan fingerprint density at radius 1 is 1.35 bits per heavy atom. The topological polar surface area (TPSA) is 40.5 Å². The molecule has 0 aliphatic carbocycles. The summed E-state index contributed by atoms with van der Waals surface area (Å²) < 4.78 is 25.8. The van der Waals surface area contributed by atoms with Gasteiger partial charge in [0.2, 0.25) is 0 Å². The zero-order valence-electron chi connectivity index (χ0n) is 11.8. The molecule has 0 amide bonds. The van der Waals surface area contributed by atoms with Crippen molar-refractivity contribution in [1.29, 1.82) is 0 Å². The van der Waals surface area contributed by atoms with Gasteiger partial charge in [-0.3, -0.25) is 0 Å². The van der Waals surface area contributed by atoms with Crippen molar-refractivity contribution in [2.75, 3.05) is 6.61 Å². The first-order valence-electron chi connectivity index (χ1n) is 6.61. The summed E-state index contributed by atoms with van der Waals surface area (Å²) in [6.45, 7) is 5.64. The SMILES string of the molecule is CCOC(=O)C(F)n1ccc2c(OC(C)C)cccc21. The molecule has 1 unspecified atom stereocenters. The van der Waals surface area contributed by atoms with Crippen LogP contribution in [0.15, 0.2) is 30.5 Å². The van der Waals surface area contributed by atoms with Crippen LogP contribution in [-0.4, -0.2) is 23.2 Å². The van der Waals surface area contributed by atoms with E-state index >= 15 is 0 Å². The largest absolute Gasteiger partial charge is 0.490 e. The number of benzene rings is 1. The predicted octanol–water partition coefficient (Wildman–Crippen LogP) is 3.46. The number of carbonyl (C=O) groups is 1. The van der Waals surface area contributed by atoms with Crippen LogP contribution in [-0.2, 0) is 9.53 Å². The molecule has 0 radical (unpaired) electrons. The lowest BCUT2D eigenvalue weighted by Gasteiger charge is -2.13. The van der Waals surface area contributed by atoms with E-state index in [-0.39, 0.29) is 12.7 Å². The van der Waals surface area contributed by atoms with Gasteiger partial charge in [-0.2, -0.15) is 0 Å². The van der Waals surface area contributed by atoms with E-state index in [1.54, 1.807) is 25.1 Å². The molecular weight excluding hydrogens is 261 g/mol. The molecule has 108 valence electrons. The van der Waals surface area contributed by atoms with Gasteiger partial charge in [0.15, 0.2) is 0 Å². The Labute approximate surface area is 117 Å². The maximum absolute atomic E-state index is 14.1. The van der Waals surface area contributed by atoms with Gasteiger partial charge in [0.05, 0.1) is 18.2 Å². The molecule has 2 aromatic rings. The molecule has 1 aromatic carbocycles. The molecule has 2 rings (SSSR count). The number of carbonyl (C=O) groups excluding carboxylic acids is 1. The second-order valence-electron chi connectivity index (χ2n) is 4.67. The zero-order valence-corrected chi connectivity index (χ0v) is 11.8. The van der Waals surface area contributed by atoms with Crippen LogP contribution in [0.5, 0.6) is 5.75 Å². The summed E-state index contributed by atoms with van der Waals surface area (Å²) in [5.41, 5.74) is 0.601. The molecule has 4 nitrogen and oxygen atoms in total. The van der Waals surface area contributed by atoms with Gasteiger partial charge in [0, 0.05) is 11.6 Å². The molecule has 1 atom stereocenters. The van der Waals surface area contributed by atoms with E-state index in [1.807, 2.05) is 19.9 Å². The fourth-order valence-electron chi connectivity index (χ4n) is 2.04. The molecule has 0 N–H and O–H groups in total. The number of rotatable bonds is 5. The highest BCUT2D eigenvalue weighted by atomic mass is 19.1. The quantitative estimate of drug-likeness (QED) is 0.787. The van der Waals surface area contributed by atoms with Crippen molar-refractivity contribution in [2.45, 2.75) is 33.2 Å². The van der Waals surface area contributed by atoms with Gasteiger partial charge in [0.25, 0.3) is 6.30 Å². The summed E-state index contributed by atoms with van der Waals surface area (Å²) in [5, 5.41) is 0.771. The summed E-state index contributed by atoms with van der Waals surface area (Å²) in [6.07, 6.45) is -0.295. The van der Waals surface area contributed by atoms with Gasteiger partial charge >= 0.3 is 5.97 Å². The van der Waals surface area contributed by atoms with Crippen molar-refractivity contribution in [1.82, 2.24) is 4.57 Å². The molecule has 20 heavy (non-hydrogen) atoms. The number of hydrogen-bond donors (Lipinski definition) is 0. The third kappa shape index (κ3) is 2.76. The first-order chi connectivity index (χ1) is 9.54. The van der Waals surface area contributed by atoms with E-state index in [2.05, 4.69) is 0 Å². The van der Waals surface area contributed by atoms with Crippen molar-refractivity contribution in [3.8, 4) is 5.75 Å². The molecule has 0 bridgehead atoms. The minimum Gasteiger partial charge on any atom is -0.490 e. The van der Waals surface area contributed by atoms with Crippen LogP contribution in [0.4, 0.5) is 4.39 Å². The Kier molecular flexibility index (Phi) is 4.27. The Balaban J connectivity index is 2.39. The van der Waals surface area contributed by atoms with Crippen LogP contribution in [0.1, 0.15) is 27.1 Å². The molecule has 0 saturated carbocycles. The normalized spacial score (nSPS) is 12.7. The number of aromatic nitrogens is 1. The van der Waals surface area contributed by atoms with Gasteiger partial charge in [-0.05, 0) is 39.0 Å². The van der Waals surface area contributed by atoms with Crippen molar-refractivity contribution < 1.29 is 18.7 Å². The Hall–Kier alpha value is -2.04. The van der Waals surface area contributed by atoms with Gasteiger partial charge in [0.1, 0.15) is 5.75 Å². The summed E-state index contributed by atoms with van der Waals surface area (Å²) >= 11 is 0. The predicted molar refractivity (Wildman–Crippen MR) is 74.5 cm³/mol. The molecule has 1 aromatic heterocycles. The summed E-state index contributed by atoms with van der Waals surface area (Å²) in [6, 6.07) is 7.08. The maximum atomic E-state index is 14.1. The van der Waals surface area contributed by atoms with Gasteiger partial charge in [-0.1, -0.05) is 6.07 Å². The molecule has 0 saturated heterocycles. The van der Waals surface area contributed by atoms with E-state index in [4.69, 9.17) is 9.47 Å². The minimum absolute atomic E-state index is 0.0233. The standard InChI is InChI=1S/C15H18FNO3/c1-4-19-15(18)14(16)17-9-8-11-12(17)6-5-7-13(11)20-10(2)3/h5-10,14H,4H2,1-3H3. The number of hydrogen-bond acceptors (Lipinski definition) is 3. The second-order valence-corrected chi connectivity index (χ2v) is 4.67. The van der Waals surface area contributed by atoms with Crippen molar-refractivity contribution >= 4 is 16.9 Å². The summed E-state index contributed by atoms with van der Waals surface area (Å²) in [5.74, 6) is -0.215. The monoisotopic (exact) mass is 279 g/mol. The van der Waals surface area contributed by atoms with Crippen LogP contribution in [0.2, 0.25) is 0 Å². The van der Waals surface area contributed by atoms with Gasteiger partial charge < -0.3 is 14.0 Å². The van der Waals surface area contributed by atoms with Crippen molar-refractivity contribution in [2.24, 2.45) is 0 Å². The molecule has 1 heterocycles. The van der Waals surface area contributed by atoms with Gasteiger partial charge in [-0.25, -0.2) is 9.18 Å². The molecule has 0 spiro atoms. The first-order valence-corrected chi connectivity index (χ1v) is 6.61. The Morgan fingerprint density at radius 3 is 2.75 bits per heavy atom. The van der Waals surface area contributed by atoms with E-state index in [1.165, 1.54) is 10.8 Å². The average Bonchev–Trinajstić information content (AvgIpc) is 2.82. The first kappa shape index (κ1) is 14.4. The van der Waals surface area contributed by atoms with E-state index in [9.17, 15) is 9.18 Å². The summed E-state index contributed by atoms with van der Waals surface area (Å²) in [4.78, 5) is 11.5. The maximum Gasteiger partial charge on any atom is 0.362 e. The zero-order chi connectivity index (χ0) is 14.7. The number of fused-ring (bicyclic) bond motifs is 1. The number of alkyl halides is 1. The molecule has 0 fully saturated rings. The third-order valence-electron chi connectivity index (χ3n) is 2.81. The van der Waals surface area contributed by atoms with Crippen LogP contribution < -0.4 is 4.74 Å². The molecule has 0 aliphatic rings. The Morgan fingerprint density at radius 2 is 2.10 bits per heavy atom. The lowest BCUT2D eigenvalue weighted by Crippen LogP contribution is -2.17. The van der Waals surface area contributed by atoms with Gasteiger partial charge in [-0.15, -0.1) is 0 Å². The number of esters is 1. The van der Waals surface area contributed by atoms with Crippen molar-refractivity contribution in [3.63, 3.8) is 0 Å². The molecule has 0 aliphatic heterocycles. The van der Waals surface area contributed by atoms with E-state index < -0.39 is 12.3 Å². The molecular formula is C15H18FNO3. The highest BCUT2D eigenvalue weighted by Gasteiger charge is 2.22. The number of halogens is 1. The van der Waals surface area contributed by atoms with E-state index in [0.717, 1.165) is 5.39 Å². The second kappa shape index (κ2) is 5.94. The highest BCUT2D eigenvalue weighted by Crippen LogP contribution is 2.30. The third-order valence-corrected chi connectivity index (χ3v) is 2.81. The fourth-order valence-corrected chi connectivity index (χ4v) is 2.04.